The number of nitrogens with one attached hydrogen (secondary N) is 4. The molecule has 1 unspecified atom stereocenters. The van der Waals surface area contributed by atoms with Crippen molar-refractivity contribution >= 4 is 35.3 Å². The second kappa shape index (κ2) is 28.4. The third-order valence-electron chi connectivity index (χ3n) is 15.0. The number of hydrogen-bond donors (Lipinski definition) is 6. The minimum absolute atomic E-state index is 0.0464. The summed E-state index contributed by atoms with van der Waals surface area (Å²) in [4.78, 5) is 88.2. The van der Waals surface area contributed by atoms with Crippen LogP contribution in [0.3, 0.4) is 0 Å². The maximum Gasteiger partial charge on any atom is 0.246 e. The van der Waals surface area contributed by atoms with Gasteiger partial charge in [-0.25, -0.2) is 0 Å². The van der Waals surface area contributed by atoms with E-state index in [1.165, 1.54) is 0 Å². The SMILES string of the molecule is CN[C@@H](C)C(=O)N[C@H](C(=O)N1CCC[C@@H]1CC(CCc1ccc(O)cc1)C(=O)CCCCCCCCC(=O)N(CCc1ccc(O)cc1)C[C@@H]1CCCN1C(=O)[C@@H](NC(=O)[C@H](C)NC)C(C)(C)C)C(C)(C)C. The molecule has 2 fully saturated rings. The standard InChI is InChI=1S/C57H91N7O8/c1-39(58-9)52(69)60-50(56(3,4)5)54(71)63-34-17-19-44(63)37-43(28-23-41-24-29-46(65)30-25-41)48(67)21-15-13-11-12-14-16-22-49(68)62(36-33-42-26-31-47(66)32-27-42)38-45-20-18-35-64(45)55(72)51(57(6,7)8)61-53(70)40(2)59-10/h24-27,29-32,39-40,43-45,50-51,58-59,65-66H,11-23,28,33-38H2,1-10H3,(H,60,69)(H,61,70)/t39-,40-,43?,44+,45-,50+,51+/m0/s1. The fourth-order valence-electron chi connectivity index (χ4n) is 10.00. The molecule has 2 saturated heterocycles. The third kappa shape index (κ3) is 18.5. The number of likely N-dealkylation sites (N-methyl/N-ethyl adjacent to an activating group) is 2. The van der Waals surface area contributed by atoms with Gasteiger partial charge in [0.25, 0.3) is 0 Å². The Bertz CT molecular complexity index is 1900. The number of phenolic OH excluding ortho intramolecular Hbond substituents is 2. The number of aryl methyl sites for hydroxylation is 1. The molecule has 2 heterocycles. The van der Waals surface area contributed by atoms with Gasteiger partial charge in [0.05, 0.1) is 12.1 Å². The van der Waals surface area contributed by atoms with Crippen molar-refractivity contribution in [2.45, 2.75) is 194 Å². The number of phenols is 2. The molecule has 0 saturated carbocycles. The highest BCUT2D eigenvalue weighted by Crippen LogP contribution is 2.32. The van der Waals surface area contributed by atoms with Crippen LogP contribution in [0, 0.1) is 16.7 Å². The molecule has 7 atom stereocenters. The number of carbonyl (C=O) groups excluding carboxylic acids is 6. The minimum atomic E-state index is -0.722. The molecule has 5 amide bonds. The molecule has 0 aromatic heterocycles. The first-order valence-electron chi connectivity index (χ1n) is 27.0. The number of likely N-dealkylation sites (tertiary alicyclic amines) is 2. The zero-order valence-electron chi connectivity index (χ0n) is 45.5. The number of benzene rings is 2. The highest BCUT2D eigenvalue weighted by Gasteiger charge is 2.42. The Balaban J connectivity index is 1.33. The summed E-state index contributed by atoms with van der Waals surface area (Å²) in [5.41, 5.74) is 1.00. The van der Waals surface area contributed by atoms with Crippen molar-refractivity contribution in [1.82, 2.24) is 36.0 Å². The summed E-state index contributed by atoms with van der Waals surface area (Å²) in [6, 6.07) is 11.5. The van der Waals surface area contributed by atoms with Gasteiger partial charge in [-0.2, -0.15) is 0 Å². The Labute approximate surface area is 431 Å². The van der Waals surface area contributed by atoms with E-state index < -0.39 is 35.0 Å². The van der Waals surface area contributed by atoms with Crippen LogP contribution >= 0.6 is 0 Å². The lowest BCUT2D eigenvalue weighted by Gasteiger charge is -2.37. The molecule has 0 aliphatic carbocycles. The Morgan fingerprint density at radius 2 is 1.06 bits per heavy atom. The minimum Gasteiger partial charge on any atom is -0.508 e. The van der Waals surface area contributed by atoms with Crippen LogP contribution in [0.25, 0.3) is 0 Å². The molecule has 2 aliphatic rings. The van der Waals surface area contributed by atoms with Gasteiger partial charge in [0, 0.05) is 57.0 Å². The van der Waals surface area contributed by atoms with Crippen molar-refractivity contribution in [2.24, 2.45) is 16.7 Å². The molecular formula is C57H91N7O8. The smallest absolute Gasteiger partial charge is 0.246 e. The van der Waals surface area contributed by atoms with Crippen LogP contribution in [0.5, 0.6) is 11.5 Å². The molecule has 15 nitrogen and oxygen atoms in total. The molecule has 0 radical (unpaired) electrons. The number of ketones is 1. The van der Waals surface area contributed by atoms with Crippen molar-refractivity contribution in [2.75, 3.05) is 40.3 Å². The van der Waals surface area contributed by atoms with E-state index in [0.29, 0.717) is 64.7 Å². The number of hydrogen-bond acceptors (Lipinski definition) is 10. The van der Waals surface area contributed by atoms with Crippen LogP contribution in [0.4, 0.5) is 0 Å². The third-order valence-corrected chi connectivity index (χ3v) is 15.0. The Morgan fingerprint density at radius 3 is 1.53 bits per heavy atom. The lowest BCUT2D eigenvalue weighted by Crippen LogP contribution is -2.59. The van der Waals surface area contributed by atoms with E-state index in [1.54, 1.807) is 52.2 Å². The molecular weight excluding hydrogens is 911 g/mol. The maximum atomic E-state index is 14.2. The van der Waals surface area contributed by atoms with Crippen LogP contribution in [0.2, 0.25) is 0 Å². The number of unbranched alkanes of at least 4 members (excludes halogenated alkanes) is 5. The van der Waals surface area contributed by atoms with Gasteiger partial charge in [-0.1, -0.05) is 91.5 Å². The number of amides is 5. The van der Waals surface area contributed by atoms with Crippen LogP contribution in [-0.4, -0.2) is 137 Å². The first kappa shape index (κ1) is 59.5. The van der Waals surface area contributed by atoms with Crippen molar-refractivity contribution in [3.05, 3.63) is 59.7 Å². The summed E-state index contributed by atoms with van der Waals surface area (Å²) in [7, 11) is 3.43. The van der Waals surface area contributed by atoms with Crippen molar-refractivity contribution in [3.8, 4) is 11.5 Å². The van der Waals surface area contributed by atoms with Gasteiger partial charge in [0.2, 0.25) is 29.5 Å². The molecule has 15 heteroatoms. The molecule has 2 aliphatic heterocycles. The van der Waals surface area contributed by atoms with Crippen molar-refractivity contribution in [1.29, 1.82) is 0 Å². The zero-order valence-corrected chi connectivity index (χ0v) is 45.5. The normalized spacial score (nSPS) is 18.2. The summed E-state index contributed by atoms with van der Waals surface area (Å²) < 4.78 is 0. The number of carbonyl (C=O) groups is 6. The van der Waals surface area contributed by atoms with E-state index in [0.717, 1.165) is 75.3 Å². The van der Waals surface area contributed by atoms with Crippen molar-refractivity contribution in [3.63, 3.8) is 0 Å². The fraction of sp³-hybridized carbons (Fsp3) is 0.684. The van der Waals surface area contributed by atoms with Gasteiger partial charge in [0.1, 0.15) is 29.4 Å². The summed E-state index contributed by atoms with van der Waals surface area (Å²) in [6.07, 6.45) is 11.7. The summed E-state index contributed by atoms with van der Waals surface area (Å²) >= 11 is 0. The molecule has 0 spiro atoms. The van der Waals surface area contributed by atoms with Gasteiger partial charge in [-0.15, -0.1) is 0 Å². The van der Waals surface area contributed by atoms with E-state index in [4.69, 9.17) is 0 Å². The van der Waals surface area contributed by atoms with E-state index in [9.17, 15) is 39.0 Å². The number of aromatic hydroxyl groups is 2. The van der Waals surface area contributed by atoms with E-state index >= 15 is 0 Å². The van der Waals surface area contributed by atoms with Crippen molar-refractivity contribution < 1.29 is 39.0 Å². The van der Waals surface area contributed by atoms with E-state index in [-0.39, 0.29) is 64.8 Å². The Morgan fingerprint density at radius 1 is 0.625 bits per heavy atom. The molecule has 6 N–H and O–H groups in total. The van der Waals surface area contributed by atoms with Gasteiger partial charge >= 0.3 is 0 Å². The highest BCUT2D eigenvalue weighted by atomic mass is 16.3. The Kier molecular flexibility index (Phi) is 23.5. The van der Waals surface area contributed by atoms with Crippen LogP contribution in [0.1, 0.15) is 156 Å². The first-order chi connectivity index (χ1) is 34.0. The molecule has 402 valence electrons. The lowest BCUT2D eigenvalue weighted by atomic mass is 9.84. The molecule has 72 heavy (non-hydrogen) atoms. The molecule has 4 rings (SSSR count). The van der Waals surface area contributed by atoms with Crippen LogP contribution in [-0.2, 0) is 41.6 Å². The van der Waals surface area contributed by atoms with E-state index in [2.05, 4.69) is 21.3 Å². The van der Waals surface area contributed by atoms with Crippen LogP contribution < -0.4 is 21.3 Å². The Hall–Kier alpha value is -5.02. The predicted octanol–water partition coefficient (Wildman–Crippen LogP) is 7.06. The van der Waals surface area contributed by atoms with Crippen LogP contribution in [0.15, 0.2) is 48.5 Å². The number of nitrogens with zero attached hydrogens (tertiary/aromatic N) is 3. The maximum absolute atomic E-state index is 14.2. The summed E-state index contributed by atoms with van der Waals surface area (Å²) in [6.45, 7) is 17.3. The average molecular weight is 1000 g/mol. The highest BCUT2D eigenvalue weighted by molar-refractivity contribution is 5.91. The quantitative estimate of drug-likeness (QED) is 0.0480. The monoisotopic (exact) mass is 1000 g/mol. The second-order valence-electron chi connectivity index (χ2n) is 22.8. The van der Waals surface area contributed by atoms with Gasteiger partial charge in [-0.05, 0) is 138 Å². The second-order valence-corrected chi connectivity index (χ2v) is 22.8. The molecule has 2 aromatic rings. The average Bonchev–Trinajstić information content (AvgIpc) is 4.02. The molecule has 2 aromatic carbocycles. The summed E-state index contributed by atoms with van der Waals surface area (Å²) in [5.74, 6) is -0.298. The molecule has 0 bridgehead atoms. The number of rotatable bonds is 28. The zero-order chi connectivity index (χ0) is 53.2. The number of Topliss-reactive ketones (excluding diaryl/α,β-unsaturated/α-hetero) is 1. The first-order valence-corrected chi connectivity index (χ1v) is 27.0. The predicted molar refractivity (Wildman–Crippen MR) is 284 cm³/mol. The van der Waals surface area contributed by atoms with Gasteiger partial charge in [-0.3, -0.25) is 28.8 Å². The summed E-state index contributed by atoms with van der Waals surface area (Å²) in [5, 5.41) is 31.6. The lowest BCUT2D eigenvalue weighted by molar-refractivity contribution is -0.142. The van der Waals surface area contributed by atoms with E-state index in [1.807, 2.05) is 80.5 Å². The fourth-order valence-corrected chi connectivity index (χ4v) is 10.00. The topological polar surface area (TPSA) is 201 Å². The van der Waals surface area contributed by atoms with Gasteiger partial charge in [0.15, 0.2) is 0 Å². The van der Waals surface area contributed by atoms with Gasteiger partial charge < -0.3 is 46.2 Å². The largest absolute Gasteiger partial charge is 0.508 e.